The van der Waals surface area contributed by atoms with Gasteiger partial charge in [-0.1, -0.05) is 32.4 Å². The van der Waals surface area contributed by atoms with Crippen molar-refractivity contribution < 1.29 is 0 Å². The third kappa shape index (κ3) is 4.13. The molecule has 3 nitrogen and oxygen atoms in total. The zero-order valence-electron chi connectivity index (χ0n) is 12.1. The molecule has 0 aromatic carbocycles. The topological polar surface area (TPSA) is 29.0 Å². The van der Waals surface area contributed by atoms with E-state index in [9.17, 15) is 0 Å². The number of hydrogen-bond acceptors (Lipinski definition) is 3. The average molecular weight is 270 g/mol. The van der Waals surface area contributed by atoms with Crippen LogP contribution in [0.5, 0.6) is 0 Å². The van der Waals surface area contributed by atoms with Crippen molar-refractivity contribution >= 4 is 17.4 Å². The van der Waals surface area contributed by atoms with Crippen LogP contribution in [-0.2, 0) is 6.42 Å². The summed E-state index contributed by atoms with van der Waals surface area (Å²) in [4.78, 5) is 11.1. The van der Waals surface area contributed by atoms with Gasteiger partial charge >= 0.3 is 0 Å². The Balaban J connectivity index is 2.91. The summed E-state index contributed by atoms with van der Waals surface area (Å²) in [6, 6.07) is 0. The second-order valence-electron chi connectivity index (χ2n) is 5.23. The maximum atomic E-state index is 6.18. The van der Waals surface area contributed by atoms with Gasteiger partial charge in [-0.3, -0.25) is 0 Å². The molecular weight excluding hydrogens is 246 g/mol. The van der Waals surface area contributed by atoms with Crippen LogP contribution in [0.25, 0.3) is 0 Å². The highest BCUT2D eigenvalue weighted by Crippen LogP contribution is 2.23. The van der Waals surface area contributed by atoms with E-state index >= 15 is 0 Å². The Morgan fingerprint density at radius 1 is 1.28 bits per heavy atom. The molecule has 4 heteroatoms. The molecule has 0 amide bonds. The SMILES string of the molecule is CCCc1nc(Cl)c(C)c(N(C)CCC(C)C)n1. The Labute approximate surface area is 116 Å². The van der Waals surface area contributed by atoms with Gasteiger partial charge in [0.25, 0.3) is 0 Å². The van der Waals surface area contributed by atoms with E-state index < -0.39 is 0 Å². The van der Waals surface area contributed by atoms with E-state index in [1.807, 2.05) is 6.92 Å². The van der Waals surface area contributed by atoms with Crippen molar-refractivity contribution in [1.29, 1.82) is 0 Å². The van der Waals surface area contributed by atoms with Crippen molar-refractivity contribution in [3.05, 3.63) is 16.5 Å². The minimum Gasteiger partial charge on any atom is -0.359 e. The lowest BCUT2D eigenvalue weighted by molar-refractivity contribution is 0.582. The first kappa shape index (κ1) is 15.2. The third-order valence-electron chi connectivity index (χ3n) is 2.98. The van der Waals surface area contributed by atoms with Gasteiger partial charge in [0.15, 0.2) is 0 Å². The molecule has 0 fully saturated rings. The van der Waals surface area contributed by atoms with E-state index in [4.69, 9.17) is 11.6 Å². The fourth-order valence-corrected chi connectivity index (χ4v) is 1.97. The fourth-order valence-electron chi connectivity index (χ4n) is 1.79. The van der Waals surface area contributed by atoms with Crippen LogP contribution in [0.15, 0.2) is 0 Å². The van der Waals surface area contributed by atoms with E-state index in [1.54, 1.807) is 0 Å². The van der Waals surface area contributed by atoms with E-state index in [-0.39, 0.29) is 0 Å². The molecular formula is C14H24ClN3. The molecule has 0 N–H and O–H groups in total. The van der Waals surface area contributed by atoms with Gasteiger partial charge in [0.05, 0.1) is 0 Å². The second kappa shape index (κ2) is 6.93. The maximum absolute atomic E-state index is 6.18. The summed E-state index contributed by atoms with van der Waals surface area (Å²) in [6.45, 7) is 9.57. The third-order valence-corrected chi connectivity index (χ3v) is 3.35. The summed E-state index contributed by atoms with van der Waals surface area (Å²) in [7, 11) is 2.07. The highest BCUT2D eigenvalue weighted by molar-refractivity contribution is 6.30. The zero-order chi connectivity index (χ0) is 13.7. The molecule has 0 aliphatic carbocycles. The Morgan fingerprint density at radius 3 is 2.50 bits per heavy atom. The van der Waals surface area contributed by atoms with Gasteiger partial charge < -0.3 is 4.90 Å². The van der Waals surface area contributed by atoms with Crippen LogP contribution in [-0.4, -0.2) is 23.6 Å². The molecule has 1 aromatic rings. The molecule has 1 heterocycles. The molecule has 0 atom stereocenters. The second-order valence-corrected chi connectivity index (χ2v) is 5.59. The summed E-state index contributed by atoms with van der Waals surface area (Å²) in [5.74, 6) is 2.51. The molecule has 0 spiro atoms. The molecule has 0 aliphatic heterocycles. The first-order chi connectivity index (χ1) is 8.45. The number of aromatic nitrogens is 2. The lowest BCUT2D eigenvalue weighted by atomic mass is 10.1. The quantitative estimate of drug-likeness (QED) is 0.734. The number of anilines is 1. The standard InChI is InChI=1S/C14H24ClN3/c1-6-7-12-16-13(15)11(4)14(17-12)18(5)9-8-10(2)3/h10H,6-9H2,1-5H3. The van der Waals surface area contributed by atoms with Gasteiger partial charge in [0.2, 0.25) is 0 Å². The zero-order valence-corrected chi connectivity index (χ0v) is 12.9. The Hall–Kier alpha value is -0.830. The molecule has 0 bridgehead atoms. The minimum atomic E-state index is 0.583. The van der Waals surface area contributed by atoms with E-state index in [1.165, 1.54) is 0 Å². The number of rotatable bonds is 6. The number of nitrogens with zero attached hydrogens (tertiary/aromatic N) is 3. The molecule has 18 heavy (non-hydrogen) atoms. The average Bonchev–Trinajstić information content (AvgIpc) is 2.30. The van der Waals surface area contributed by atoms with Crippen LogP contribution in [0.4, 0.5) is 5.82 Å². The summed E-state index contributed by atoms with van der Waals surface area (Å²) in [6.07, 6.45) is 3.07. The minimum absolute atomic E-state index is 0.583. The van der Waals surface area contributed by atoms with Crippen molar-refractivity contribution in [2.75, 3.05) is 18.5 Å². The van der Waals surface area contributed by atoms with Crippen LogP contribution in [0.3, 0.4) is 0 Å². The number of halogens is 1. The van der Waals surface area contributed by atoms with Crippen LogP contribution >= 0.6 is 11.6 Å². The van der Waals surface area contributed by atoms with Gasteiger partial charge in [0, 0.05) is 25.6 Å². The van der Waals surface area contributed by atoms with E-state index in [0.29, 0.717) is 11.1 Å². The molecule has 1 aromatic heterocycles. The highest BCUT2D eigenvalue weighted by atomic mass is 35.5. The number of aryl methyl sites for hydroxylation is 1. The fraction of sp³-hybridized carbons (Fsp3) is 0.714. The first-order valence-corrected chi connectivity index (χ1v) is 7.07. The normalized spacial score (nSPS) is 11.1. The van der Waals surface area contributed by atoms with Crippen LogP contribution in [0, 0.1) is 12.8 Å². The number of hydrogen-bond donors (Lipinski definition) is 0. The monoisotopic (exact) mass is 269 g/mol. The Bertz CT molecular complexity index is 391. The van der Waals surface area contributed by atoms with Crippen molar-refractivity contribution in [3.63, 3.8) is 0 Å². The maximum Gasteiger partial charge on any atom is 0.137 e. The van der Waals surface area contributed by atoms with Gasteiger partial charge in [-0.15, -0.1) is 0 Å². The van der Waals surface area contributed by atoms with Crippen molar-refractivity contribution in [3.8, 4) is 0 Å². The van der Waals surface area contributed by atoms with Crippen LogP contribution < -0.4 is 4.90 Å². The molecule has 0 saturated heterocycles. The summed E-state index contributed by atoms with van der Waals surface area (Å²) < 4.78 is 0. The predicted molar refractivity (Wildman–Crippen MR) is 78.5 cm³/mol. The Morgan fingerprint density at radius 2 is 1.94 bits per heavy atom. The van der Waals surface area contributed by atoms with Gasteiger partial charge in [-0.2, -0.15) is 0 Å². The van der Waals surface area contributed by atoms with Crippen molar-refractivity contribution in [2.24, 2.45) is 5.92 Å². The molecule has 102 valence electrons. The van der Waals surface area contributed by atoms with E-state index in [0.717, 1.165) is 43.0 Å². The van der Waals surface area contributed by atoms with Crippen LogP contribution in [0.2, 0.25) is 5.15 Å². The summed E-state index contributed by atoms with van der Waals surface area (Å²) >= 11 is 6.18. The smallest absolute Gasteiger partial charge is 0.137 e. The van der Waals surface area contributed by atoms with Crippen molar-refractivity contribution in [2.45, 2.75) is 47.0 Å². The first-order valence-electron chi connectivity index (χ1n) is 6.69. The lowest BCUT2D eigenvalue weighted by Crippen LogP contribution is -2.23. The van der Waals surface area contributed by atoms with Crippen molar-refractivity contribution in [1.82, 2.24) is 9.97 Å². The molecule has 0 unspecified atom stereocenters. The predicted octanol–water partition coefficient (Wildman–Crippen LogP) is 3.87. The summed E-state index contributed by atoms with van der Waals surface area (Å²) in [5, 5.41) is 0.583. The Kier molecular flexibility index (Phi) is 5.86. The van der Waals surface area contributed by atoms with Gasteiger partial charge in [-0.25, -0.2) is 9.97 Å². The highest BCUT2D eigenvalue weighted by Gasteiger charge is 2.13. The van der Waals surface area contributed by atoms with Crippen LogP contribution in [0.1, 0.15) is 45.0 Å². The van der Waals surface area contributed by atoms with E-state index in [2.05, 4.69) is 42.7 Å². The molecule has 0 aliphatic rings. The molecule has 0 radical (unpaired) electrons. The summed E-state index contributed by atoms with van der Waals surface area (Å²) in [5.41, 5.74) is 0.975. The lowest BCUT2D eigenvalue weighted by Gasteiger charge is -2.22. The van der Waals surface area contributed by atoms with Gasteiger partial charge in [-0.05, 0) is 25.7 Å². The molecule has 0 saturated carbocycles. The van der Waals surface area contributed by atoms with Gasteiger partial charge in [0.1, 0.15) is 16.8 Å². The largest absolute Gasteiger partial charge is 0.359 e. The molecule has 1 rings (SSSR count).